The normalized spacial score (nSPS) is 17.9. The minimum atomic E-state index is -0.331. The van der Waals surface area contributed by atoms with E-state index in [-0.39, 0.29) is 10.6 Å². The third kappa shape index (κ3) is 4.39. The quantitative estimate of drug-likeness (QED) is 0.599. The van der Waals surface area contributed by atoms with Crippen LogP contribution in [0.25, 0.3) is 0 Å². The lowest BCUT2D eigenvalue weighted by molar-refractivity contribution is -0.384. The van der Waals surface area contributed by atoms with E-state index in [4.69, 9.17) is 4.74 Å². The Labute approximate surface area is 132 Å². The first kappa shape index (κ1) is 16.2. The number of rotatable bonds is 7. The molecule has 1 N–H and O–H groups in total. The highest BCUT2D eigenvalue weighted by Crippen LogP contribution is 2.31. The average Bonchev–Trinajstić information content (AvgIpc) is 2.96. The largest absolute Gasteiger partial charge is 0.383 e. The maximum atomic E-state index is 11.3. The van der Waals surface area contributed by atoms with E-state index >= 15 is 0 Å². The Balaban J connectivity index is 2.23. The summed E-state index contributed by atoms with van der Waals surface area (Å²) in [6.45, 7) is 2.95. The van der Waals surface area contributed by atoms with Gasteiger partial charge in [0.1, 0.15) is 5.69 Å². The Morgan fingerprint density at radius 3 is 3.00 bits per heavy atom. The number of hydrogen-bond donors (Lipinski definition) is 1. The Morgan fingerprint density at radius 1 is 1.57 bits per heavy atom. The number of anilines is 1. The van der Waals surface area contributed by atoms with Gasteiger partial charge in [-0.1, -0.05) is 15.9 Å². The molecule has 1 aromatic carbocycles. The number of nitro groups is 1. The van der Waals surface area contributed by atoms with Crippen molar-refractivity contribution in [1.29, 1.82) is 0 Å². The van der Waals surface area contributed by atoms with Crippen LogP contribution in [-0.4, -0.2) is 44.3 Å². The van der Waals surface area contributed by atoms with Crippen molar-refractivity contribution in [2.45, 2.75) is 18.9 Å². The van der Waals surface area contributed by atoms with Gasteiger partial charge in [0.15, 0.2) is 0 Å². The fraction of sp³-hybridized carbons (Fsp3) is 0.571. The average molecular weight is 358 g/mol. The molecule has 0 aliphatic carbocycles. The zero-order chi connectivity index (χ0) is 15.2. The van der Waals surface area contributed by atoms with E-state index in [1.807, 2.05) is 11.0 Å². The van der Waals surface area contributed by atoms with Crippen molar-refractivity contribution in [3.05, 3.63) is 32.8 Å². The van der Waals surface area contributed by atoms with Crippen LogP contribution in [0.15, 0.2) is 22.7 Å². The van der Waals surface area contributed by atoms with E-state index in [0.717, 1.165) is 25.9 Å². The number of halogens is 1. The van der Waals surface area contributed by atoms with E-state index in [2.05, 4.69) is 21.2 Å². The molecule has 0 spiro atoms. The zero-order valence-corrected chi connectivity index (χ0v) is 13.6. The maximum absolute atomic E-state index is 11.3. The predicted molar refractivity (Wildman–Crippen MR) is 85.9 cm³/mol. The van der Waals surface area contributed by atoms with Crippen molar-refractivity contribution < 1.29 is 9.66 Å². The van der Waals surface area contributed by atoms with E-state index in [0.29, 0.717) is 29.4 Å². The number of nitro benzene ring substituents is 1. The van der Waals surface area contributed by atoms with Crippen molar-refractivity contribution in [3.8, 4) is 0 Å². The van der Waals surface area contributed by atoms with Crippen molar-refractivity contribution in [1.82, 2.24) is 5.32 Å². The summed E-state index contributed by atoms with van der Waals surface area (Å²) in [6, 6.07) is 5.57. The maximum Gasteiger partial charge on any atom is 0.293 e. The molecule has 7 heteroatoms. The topological polar surface area (TPSA) is 67.6 Å². The lowest BCUT2D eigenvalue weighted by Crippen LogP contribution is -2.39. The van der Waals surface area contributed by atoms with E-state index in [1.54, 1.807) is 19.2 Å². The van der Waals surface area contributed by atoms with Crippen LogP contribution >= 0.6 is 15.9 Å². The highest BCUT2D eigenvalue weighted by atomic mass is 79.9. The summed E-state index contributed by atoms with van der Waals surface area (Å²) in [7, 11) is 1.64. The van der Waals surface area contributed by atoms with Crippen LogP contribution in [0.5, 0.6) is 0 Å². The summed E-state index contributed by atoms with van der Waals surface area (Å²) in [6.07, 6.45) is 2.26. The van der Waals surface area contributed by atoms with Gasteiger partial charge in [0.25, 0.3) is 5.69 Å². The van der Waals surface area contributed by atoms with Crippen molar-refractivity contribution in [2.75, 3.05) is 38.3 Å². The number of nitrogens with zero attached hydrogens (tertiary/aromatic N) is 2. The highest BCUT2D eigenvalue weighted by molar-refractivity contribution is 9.10. The third-order valence-electron chi connectivity index (χ3n) is 3.64. The zero-order valence-electron chi connectivity index (χ0n) is 12.0. The monoisotopic (exact) mass is 357 g/mol. The first-order chi connectivity index (χ1) is 10.1. The van der Waals surface area contributed by atoms with Gasteiger partial charge in [-0.25, -0.2) is 0 Å². The first-order valence-electron chi connectivity index (χ1n) is 7.03. The molecule has 0 radical (unpaired) electrons. The summed E-state index contributed by atoms with van der Waals surface area (Å²) in [5, 5.41) is 14.7. The Kier molecular flexibility index (Phi) is 5.96. The van der Waals surface area contributed by atoms with Crippen LogP contribution in [0.3, 0.4) is 0 Å². The summed E-state index contributed by atoms with van der Waals surface area (Å²) >= 11 is 3.29. The number of nitrogens with one attached hydrogen (secondary N) is 1. The van der Waals surface area contributed by atoms with Crippen LogP contribution < -0.4 is 10.2 Å². The molecule has 1 aliphatic heterocycles. The Bertz CT molecular complexity index is 492. The summed E-state index contributed by atoms with van der Waals surface area (Å²) in [4.78, 5) is 13.0. The molecule has 2 rings (SSSR count). The first-order valence-corrected chi connectivity index (χ1v) is 7.82. The summed E-state index contributed by atoms with van der Waals surface area (Å²) in [5.41, 5.74) is 0.771. The SMILES string of the molecule is COCCN(CC1CCCN1)c1ccc(Br)cc1[N+](=O)[O-]. The van der Waals surface area contributed by atoms with E-state index in [9.17, 15) is 10.1 Å². The van der Waals surface area contributed by atoms with Gasteiger partial charge in [-0.05, 0) is 31.5 Å². The molecule has 0 saturated carbocycles. The van der Waals surface area contributed by atoms with Gasteiger partial charge < -0.3 is 15.0 Å². The molecule has 6 nitrogen and oxygen atoms in total. The van der Waals surface area contributed by atoms with Gasteiger partial charge in [0.05, 0.1) is 11.5 Å². The second-order valence-electron chi connectivity index (χ2n) is 5.12. The lowest BCUT2D eigenvalue weighted by Gasteiger charge is -2.27. The van der Waals surface area contributed by atoms with Gasteiger partial charge in [-0.3, -0.25) is 10.1 Å². The summed E-state index contributed by atoms with van der Waals surface area (Å²) in [5.74, 6) is 0. The summed E-state index contributed by atoms with van der Waals surface area (Å²) < 4.78 is 5.85. The van der Waals surface area contributed by atoms with Crippen molar-refractivity contribution in [3.63, 3.8) is 0 Å². The molecular formula is C14H20BrN3O3. The minimum absolute atomic E-state index is 0.124. The fourth-order valence-electron chi connectivity index (χ4n) is 2.60. The van der Waals surface area contributed by atoms with Gasteiger partial charge in [0, 0.05) is 36.8 Å². The van der Waals surface area contributed by atoms with Crippen molar-refractivity contribution in [2.24, 2.45) is 0 Å². The Morgan fingerprint density at radius 2 is 2.38 bits per heavy atom. The van der Waals surface area contributed by atoms with Crippen LogP contribution in [0.1, 0.15) is 12.8 Å². The molecule has 21 heavy (non-hydrogen) atoms. The van der Waals surface area contributed by atoms with Crippen LogP contribution in [0.4, 0.5) is 11.4 Å². The molecule has 0 amide bonds. The second-order valence-corrected chi connectivity index (χ2v) is 6.04. The van der Waals surface area contributed by atoms with Gasteiger partial charge in [-0.15, -0.1) is 0 Å². The molecule has 1 aromatic rings. The van der Waals surface area contributed by atoms with Gasteiger partial charge in [-0.2, -0.15) is 0 Å². The lowest BCUT2D eigenvalue weighted by atomic mass is 10.2. The minimum Gasteiger partial charge on any atom is -0.383 e. The molecule has 116 valence electrons. The second kappa shape index (κ2) is 7.72. The number of methoxy groups -OCH3 is 1. The molecular weight excluding hydrogens is 338 g/mol. The van der Waals surface area contributed by atoms with E-state index < -0.39 is 0 Å². The standard InChI is InChI=1S/C14H20BrN3O3/c1-21-8-7-17(10-12-3-2-6-16-12)13-5-4-11(15)9-14(13)18(19)20/h4-5,9,12,16H,2-3,6-8,10H2,1H3. The predicted octanol–water partition coefficient (Wildman–Crippen LogP) is 2.56. The third-order valence-corrected chi connectivity index (χ3v) is 4.14. The van der Waals surface area contributed by atoms with Gasteiger partial charge in [0.2, 0.25) is 0 Å². The molecule has 0 bridgehead atoms. The fourth-order valence-corrected chi connectivity index (χ4v) is 2.95. The van der Waals surface area contributed by atoms with Crippen LogP contribution in [-0.2, 0) is 4.74 Å². The van der Waals surface area contributed by atoms with Gasteiger partial charge >= 0.3 is 0 Å². The number of ether oxygens (including phenoxy) is 1. The van der Waals surface area contributed by atoms with E-state index in [1.165, 1.54) is 0 Å². The van der Waals surface area contributed by atoms with Crippen molar-refractivity contribution >= 4 is 27.3 Å². The molecule has 1 heterocycles. The molecule has 1 unspecified atom stereocenters. The Hall–Kier alpha value is -1.18. The molecule has 1 saturated heterocycles. The molecule has 0 aromatic heterocycles. The number of hydrogen-bond acceptors (Lipinski definition) is 5. The molecule has 1 atom stereocenters. The highest BCUT2D eigenvalue weighted by Gasteiger charge is 2.23. The molecule has 1 aliphatic rings. The van der Waals surface area contributed by atoms with Crippen LogP contribution in [0.2, 0.25) is 0 Å². The van der Waals surface area contributed by atoms with Crippen LogP contribution in [0, 0.1) is 10.1 Å². The molecule has 1 fully saturated rings. The number of benzene rings is 1. The smallest absolute Gasteiger partial charge is 0.293 e.